The molecule has 1 unspecified atom stereocenters. The summed E-state index contributed by atoms with van der Waals surface area (Å²) in [4.78, 5) is 4.14. The summed E-state index contributed by atoms with van der Waals surface area (Å²) in [5.41, 5.74) is 1.18. The third-order valence-corrected chi connectivity index (χ3v) is 2.41. The van der Waals surface area contributed by atoms with Crippen molar-refractivity contribution in [1.29, 1.82) is 0 Å². The average molecular weight is 193 g/mol. The van der Waals surface area contributed by atoms with Crippen LogP contribution in [0.4, 0.5) is 0 Å². The quantitative estimate of drug-likeness (QED) is 0.710. The molecule has 2 heterocycles. The summed E-state index contributed by atoms with van der Waals surface area (Å²) in [5.74, 6) is 0.815. The maximum Gasteiger partial charge on any atom is 0.137 e. The van der Waals surface area contributed by atoms with E-state index in [1.807, 2.05) is 12.3 Å². The van der Waals surface area contributed by atoms with Gasteiger partial charge in [-0.15, -0.1) is 0 Å². The highest BCUT2D eigenvalue weighted by Gasteiger charge is 2.14. The predicted molar refractivity (Wildman–Crippen MR) is 54.4 cm³/mol. The molecule has 0 radical (unpaired) electrons. The lowest BCUT2D eigenvalue weighted by atomic mass is 10.1. The Morgan fingerprint density at radius 1 is 1.43 bits per heavy atom. The second-order valence-electron chi connectivity index (χ2n) is 3.37. The summed E-state index contributed by atoms with van der Waals surface area (Å²) in [6, 6.07) is 2.38. The second-order valence-corrected chi connectivity index (χ2v) is 3.37. The summed E-state index contributed by atoms with van der Waals surface area (Å²) in [6.45, 7) is 2.99. The van der Waals surface area contributed by atoms with Gasteiger partial charge >= 0.3 is 0 Å². The van der Waals surface area contributed by atoms with E-state index < -0.39 is 0 Å². The van der Waals surface area contributed by atoms with Crippen LogP contribution in [-0.4, -0.2) is 31.7 Å². The van der Waals surface area contributed by atoms with E-state index in [4.69, 9.17) is 4.74 Å². The first kappa shape index (κ1) is 9.43. The van der Waals surface area contributed by atoms with Gasteiger partial charge in [-0.05, 0) is 11.6 Å². The van der Waals surface area contributed by atoms with Crippen molar-refractivity contribution in [3.63, 3.8) is 0 Å². The molecule has 1 saturated heterocycles. The number of aromatic nitrogens is 1. The normalized spacial score (nSPS) is 21.9. The zero-order valence-electron chi connectivity index (χ0n) is 8.29. The first-order valence-electron chi connectivity index (χ1n) is 4.83. The van der Waals surface area contributed by atoms with E-state index in [1.54, 1.807) is 13.3 Å². The third kappa shape index (κ3) is 2.02. The molecule has 1 aliphatic heterocycles. The van der Waals surface area contributed by atoms with E-state index in [-0.39, 0.29) is 0 Å². The maximum atomic E-state index is 5.13. The van der Waals surface area contributed by atoms with E-state index >= 15 is 0 Å². The van der Waals surface area contributed by atoms with Gasteiger partial charge in [-0.3, -0.25) is 4.98 Å². The number of piperazine rings is 1. The summed E-state index contributed by atoms with van der Waals surface area (Å²) >= 11 is 0. The van der Waals surface area contributed by atoms with Crippen molar-refractivity contribution in [1.82, 2.24) is 15.6 Å². The van der Waals surface area contributed by atoms with Gasteiger partial charge in [0.25, 0.3) is 0 Å². The van der Waals surface area contributed by atoms with Crippen LogP contribution in [0.5, 0.6) is 5.75 Å². The highest BCUT2D eigenvalue weighted by molar-refractivity contribution is 5.26. The zero-order valence-corrected chi connectivity index (χ0v) is 8.29. The average Bonchev–Trinajstić information content (AvgIpc) is 2.30. The molecule has 4 nitrogen and oxygen atoms in total. The molecule has 1 fully saturated rings. The molecule has 76 valence electrons. The number of hydrogen-bond acceptors (Lipinski definition) is 4. The fraction of sp³-hybridized carbons (Fsp3) is 0.500. The fourth-order valence-electron chi connectivity index (χ4n) is 1.63. The number of pyridine rings is 1. The van der Waals surface area contributed by atoms with E-state index in [9.17, 15) is 0 Å². The monoisotopic (exact) mass is 193 g/mol. The van der Waals surface area contributed by atoms with Gasteiger partial charge in [0.05, 0.1) is 13.3 Å². The fourth-order valence-corrected chi connectivity index (χ4v) is 1.63. The van der Waals surface area contributed by atoms with Gasteiger partial charge in [0.1, 0.15) is 5.75 Å². The van der Waals surface area contributed by atoms with Gasteiger partial charge in [-0.1, -0.05) is 0 Å². The minimum Gasteiger partial charge on any atom is -0.495 e. The minimum absolute atomic E-state index is 0.353. The van der Waals surface area contributed by atoms with Crippen molar-refractivity contribution in [3.05, 3.63) is 24.0 Å². The topological polar surface area (TPSA) is 46.2 Å². The Bertz CT molecular complexity index is 297. The molecule has 0 amide bonds. The third-order valence-electron chi connectivity index (χ3n) is 2.41. The molecule has 0 aromatic carbocycles. The van der Waals surface area contributed by atoms with E-state index in [0.717, 1.165) is 25.4 Å². The van der Waals surface area contributed by atoms with Gasteiger partial charge in [-0.2, -0.15) is 0 Å². The molecule has 2 rings (SSSR count). The number of ether oxygens (including phenoxy) is 1. The molecule has 1 aromatic heterocycles. The Hall–Kier alpha value is -1.13. The molecule has 0 bridgehead atoms. The molecule has 1 aliphatic rings. The largest absolute Gasteiger partial charge is 0.495 e. The Kier molecular flexibility index (Phi) is 2.96. The molecule has 1 atom stereocenters. The van der Waals surface area contributed by atoms with Crippen molar-refractivity contribution in [2.45, 2.75) is 6.04 Å². The lowest BCUT2D eigenvalue weighted by Crippen LogP contribution is -2.42. The summed E-state index contributed by atoms with van der Waals surface area (Å²) in [5, 5.41) is 6.77. The van der Waals surface area contributed by atoms with E-state index in [0.29, 0.717) is 6.04 Å². The highest BCUT2D eigenvalue weighted by atomic mass is 16.5. The van der Waals surface area contributed by atoms with Crippen molar-refractivity contribution in [3.8, 4) is 5.75 Å². The number of nitrogens with one attached hydrogen (secondary N) is 2. The SMILES string of the molecule is COc1cncc(C2CNCCN2)c1. The minimum atomic E-state index is 0.353. The molecule has 4 heteroatoms. The van der Waals surface area contributed by atoms with Gasteiger partial charge in [0, 0.05) is 31.9 Å². The Morgan fingerprint density at radius 3 is 3.07 bits per heavy atom. The lowest BCUT2D eigenvalue weighted by molar-refractivity contribution is 0.404. The van der Waals surface area contributed by atoms with Crippen LogP contribution < -0.4 is 15.4 Å². The molecule has 1 aromatic rings. The lowest BCUT2D eigenvalue weighted by Gasteiger charge is -2.24. The molecule has 0 spiro atoms. The Balaban J connectivity index is 2.13. The molecular weight excluding hydrogens is 178 g/mol. The first-order chi connectivity index (χ1) is 6.90. The van der Waals surface area contributed by atoms with Crippen LogP contribution in [0.15, 0.2) is 18.5 Å². The van der Waals surface area contributed by atoms with Gasteiger partial charge < -0.3 is 15.4 Å². The standard InChI is InChI=1S/C10H15N3O/c1-14-9-4-8(5-12-6-9)10-7-11-2-3-13-10/h4-6,10-11,13H,2-3,7H2,1H3. The van der Waals surface area contributed by atoms with Crippen molar-refractivity contribution in [2.75, 3.05) is 26.7 Å². The summed E-state index contributed by atoms with van der Waals surface area (Å²) in [6.07, 6.45) is 3.60. The molecular formula is C10H15N3O. The van der Waals surface area contributed by atoms with Gasteiger partial charge in [0.2, 0.25) is 0 Å². The number of nitrogens with zero attached hydrogens (tertiary/aromatic N) is 1. The van der Waals surface area contributed by atoms with Crippen LogP contribution in [0, 0.1) is 0 Å². The van der Waals surface area contributed by atoms with Gasteiger partial charge in [0.15, 0.2) is 0 Å². The van der Waals surface area contributed by atoms with Crippen LogP contribution in [0.2, 0.25) is 0 Å². The van der Waals surface area contributed by atoms with Crippen molar-refractivity contribution >= 4 is 0 Å². The van der Waals surface area contributed by atoms with E-state index in [2.05, 4.69) is 15.6 Å². The number of hydrogen-bond donors (Lipinski definition) is 2. The van der Waals surface area contributed by atoms with Crippen LogP contribution in [0.3, 0.4) is 0 Å². The number of methoxy groups -OCH3 is 1. The summed E-state index contributed by atoms with van der Waals surface area (Å²) < 4.78 is 5.13. The molecule has 14 heavy (non-hydrogen) atoms. The molecule has 0 aliphatic carbocycles. The van der Waals surface area contributed by atoms with Crippen LogP contribution in [0.1, 0.15) is 11.6 Å². The van der Waals surface area contributed by atoms with Gasteiger partial charge in [-0.25, -0.2) is 0 Å². The first-order valence-corrected chi connectivity index (χ1v) is 4.83. The van der Waals surface area contributed by atoms with Crippen molar-refractivity contribution in [2.24, 2.45) is 0 Å². The summed E-state index contributed by atoms with van der Waals surface area (Å²) in [7, 11) is 1.66. The van der Waals surface area contributed by atoms with Crippen LogP contribution in [0.25, 0.3) is 0 Å². The van der Waals surface area contributed by atoms with E-state index in [1.165, 1.54) is 5.56 Å². The molecule has 0 saturated carbocycles. The van der Waals surface area contributed by atoms with Crippen LogP contribution in [-0.2, 0) is 0 Å². The Labute approximate surface area is 83.7 Å². The Morgan fingerprint density at radius 2 is 2.36 bits per heavy atom. The van der Waals surface area contributed by atoms with Crippen LogP contribution >= 0.6 is 0 Å². The number of rotatable bonds is 2. The second kappa shape index (κ2) is 4.39. The zero-order chi connectivity index (χ0) is 9.80. The predicted octanol–water partition coefficient (Wildman–Crippen LogP) is 0.324. The molecule has 2 N–H and O–H groups in total. The smallest absolute Gasteiger partial charge is 0.137 e. The highest BCUT2D eigenvalue weighted by Crippen LogP contribution is 2.17. The maximum absolute atomic E-state index is 5.13. The van der Waals surface area contributed by atoms with Crippen molar-refractivity contribution < 1.29 is 4.74 Å².